The molecule has 2 aromatic rings. The van der Waals surface area contributed by atoms with Crippen molar-refractivity contribution >= 4 is 5.91 Å². The second-order valence-corrected chi connectivity index (χ2v) is 5.42. The Bertz CT molecular complexity index is 686. The number of halogens is 2. The van der Waals surface area contributed by atoms with Crippen molar-refractivity contribution in [3.8, 4) is 5.75 Å². The first-order chi connectivity index (χ1) is 11.1. The van der Waals surface area contributed by atoms with E-state index in [1.165, 1.54) is 6.07 Å². The van der Waals surface area contributed by atoms with Crippen LogP contribution in [0.15, 0.2) is 42.7 Å². The molecule has 1 aliphatic heterocycles. The third kappa shape index (κ3) is 3.64. The highest BCUT2D eigenvalue weighted by Gasteiger charge is 2.26. The Kier molecular flexibility index (Phi) is 4.50. The van der Waals surface area contributed by atoms with Crippen molar-refractivity contribution in [3.05, 3.63) is 59.9 Å². The van der Waals surface area contributed by atoms with Crippen molar-refractivity contribution in [1.82, 2.24) is 9.88 Å². The minimum atomic E-state index is -0.830. The minimum Gasteiger partial charge on any atom is -0.489 e. The molecule has 2 heterocycles. The molecule has 1 aliphatic rings. The van der Waals surface area contributed by atoms with E-state index in [-0.39, 0.29) is 11.7 Å². The molecule has 3 rings (SSSR count). The summed E-state index contributed by atoms with van der Waals surface area (Å²) in [5, 5.41) is 0. The number of carbonyl (C=O) groups excluding carboxylic acids is 1. The zero-order chi connectivity index (χ0) is 16.2. The van der Waals surface area contributed by atoms with Gasteiger partial charge in [-0.25, -0.2) is 8.78 Å². The topological polar surface area (TPSA) is 42.4 Å². The first kappa shape index (κ1) is 15.4. The number of carbonyl (C=O) groups is 1. The van der Waals surface area contributed by atoms with Crippen molar-refractivity contribution in [2.75, 3.05) is 13.1 Å². The fourth-order valence-corrected chi connectivity index (χ4v) is 2.62. The second kappa shape index (κ2) is 6.73. The molecule has 4 nitrogen and oxygen atoms in total. The maximum Gasteiger partial charge on any atom is 0.256 e. The van der Waals surface area contributed by atoms with Crippen LogP contribution in [-0.2, 0) is 0 Å². The lowest BCUT2D eigenvalue weighted by Crippen LogP contribution is -2.42. The van der Waals surface area contributed by atoms with Gasteiger partial charge in [0, 0.05) is 38.2 Å². The monoisotopic (exact) mass is 318 g/mol. The van der Waals surface area contributed by atoms with Gasteiger partial charge in [-0.05, 0) is 24.3 Å². The summed E-state index contributed by atoms with van der Waals surface area (Å²) in [6.07, 6.45) is 4.63. The van der Waals surface area contributed by atoms with Crippen molar-refractivity contribution in [2.24, 2.45) is 0 Å². The van der Waals surface area contributed by atoms with Gasteiger partial charge in [-0.3, -0.25) is 9.78 Å². The molecule has 1 fully saturated rings. The van der Waals surface area contributed by atoms with Crippen molar-refractivity contribution < 1.29 is 18.3 Å². The van der Waals surface area contributed by atoms with E-state index >= 15 is 0 Å². The number of amides is 1. The number of pyridine rings is 1. The summed E-state index contributed by atoms with van der Waals surface area (Å²) in [6, 6.07) is 6.63. The summed E-state index contributed by atoms with van der Waals surface area (Å²) in [6.45, 7) is 0.946. The maximum atomic E-state index is 13.7. The zero-order valence-electron chi connectivity index (χ0n) is 12.4. The summed E-state index contributed by atoms with van der Waals surface area (Å²) in [5.41, 5.74) is -0.0990. The molecule has 0 aliphatic carbocycles. The van der Waals surface area contributed by atoms with E-state index in [2.05, 4.69) is 4.98 Å². The van der Waals surface area contributed by atoms with Crippen LogP contribution >= 0.6 is 0 Å². The Labute approximate surface area is 132 Å². The summed E-state index contributed by atoms with van der Waals surface area (Å²) in [5.74, 6) is -1.24. The second-order valence-electron chi connectivity index (χ2n) is 5.42. The summed E-state index contributed by atoms with van der Waals surface area (Å²) >= 11 is 0. The van der Waals surface area contributed by atoms with Gasteiger partial charge in [0.15, 0.2) is 0 Å². The van der Waals surface area contributed by atoms with Gasteiger partial charge in [0.05, 0.1) is 11.8 Å². The Balaban J connectivity index is 1.59. The SMILES string of the molecule is O=C(c1ccc(F)cc1F)N1CCC(Oc2cccnc2)CC1. The lowest BCUT2D eigenvalue weighted by Gasteiger charge is -2.32. The molecule has 0 bridgehead atoms. The molecule has 23 heavy (non-hydrogen) atoms. The Morgan fingerprint density at radius 1 is 1.22 bits per heavy atom. The molecule has 6 heteroatoms. The van der Waals surface area contributed by atoms with E-state index in [0.717, 1.165) is 12.1 Å². The first-order valence-electron chi connectivity index (χ1n) is 7.44. The molecule has 0 atom stereocenters. The van der Waals surface area contributed by atoms with E-state index < -0.39 is 17.5 Å². The Hall–Kier alpha value is -2.50. The van der Waals surface area contributed by atoms with Gasteiger partial charge in [-0.2, -0.15) is 0 Å². The molecule has 0 N–H and O–H groups in total. The molecule has 1 aromatic heterocycles. The molecular weight excluding hydrogens is 302 g/mol. The summed E-state index contributed by atoms with van der Waals surface area (Å²) < 4.78 is 32.4. The van der Waals surface area contributed by atoms with Crippen molar-refractivity contribution in [2.45, 2.75) is 18.9 Å². The highest BCUT2D eigenvalue weighted by molar-refractivity contribution is 5.94. The van der Waals surface area contributed by atoms with Crippen LogP contribution in [0.3, 0.4) is 0 Å². The Morgan fingerprint density at radius 3 is 2.65 bits per heavy atom. The number of rotatable bonds is 3. The first-order valence-corrected chi connectivity index (χ1v) is 7.44. The number of piperidine rings is 1. The van der Waals surface area contributed by atoms with E-state index in [9.17, 15) is 13.6 Å². The van der Waals surface area contributed by atoms with Gasteiger partial charge < -0.3 is 9.64 Å². The van der Waals surface area contributed by atoms with Crippen LogP contribution in [0, 0.1) is 11.6 Å². The quantitative estimate of drug-likeness (QED) is 0.873. The highest BCUT2D eigenvalue weighted by atomic mass is 19.1. The van der Waals surface area contributed by atoms with E-state index in [1.807, 2.05) is 6.07 Å². The minimum absolute atomic E-state index is 0.00122. The maximum absolute atomic E-state index is 13.7. The molecule has 0 spiro atoms. The smallest absolute Gasteiger partial charge is 0.256 e. The van der Waals surface area contributed by atoms with Crippen molar-refractivity contribution in [1.29, 1.82) is 0 Å². The average Bonchev–Trinajstić information content (AvgIpc) is 2.56. The van der Waals surface area contributed by atoms with Gasteiger partial charge in [-0.15, -0.1) is 0 Å². The molecular formula is C17H16F2N2O2. The average molecular weight is 318 g/mol. The highest BCUT2D eigenvalue weighted by Crippen LogP contribution is 2.20. The molecule has 1 aromatic carbocycles. The third-order valence-corrected chi connectivity index (χ3v) is 3.83. The molecule has 1 saturated heterocycles. The number of benzene rings is 1. The number of hydrogen-bond donors (Lipinski definition) is 0. The van der Waals surface area contributed by atoms with Gasteiger partial charge in [0.25, 0.3) is 5.91 Å². The van der Waals surface area contributed by atoms with Gasteiger partial charge in [0.2, 0.25) is 0 Å². The Morgan fingerprint density at radius 2 is 2.00 bits per heavy atom. The zero-order valence-corrected chi connectivity index (χ0v) is 12.4. The van der Waals surface area contributed by atoms with E-state index in [1.54, 1.807) is 23.4 Å². The van der Waals surface area contributed by atoms with Gasteiger partial charge in [-0.1, -0.05) is 0 Å². The van der Waals surface area contributed by atoms with Gasteiger partial charge in [0.1, 0.15) is 23.5 Å². The summed E-state index contributed by atoms with van der Waals surface area (Å²) in [4.78, 5) is 17.9. The van der Waals surface area contributed by atoms with Crippen LogP contribution in [0.4, 0.5) is 8.78 Å². The third-order valence-electron chi connectivity index (χ3n) is 3.83. The molecule has 0 radical (unpaired) electrons. The largest absolute Gasteiger partial charge is 0.489 e. The fourth-order valence-electron chi connectivity index (χ4n) is 2.62. The number of hydrogen-bond acceptors (Lipinski definition) is 3. The van der Waals surface area contributed by atoms with E-state index in [0.29, 0.717) is 31.7 Å². The van der Waals surface area contributed by atoms with Gasteiger partial charge >= 0.3 is 0 Å². The predicted octanol–water partition coefficient (Wildman–Crippen LogP) is 3.04. The molecule has 120 valence electrons. The van der Waals surface area contributed by atoms with Crippen LogP contribution < -0.4 is 4.74 Å². The van der Waals surface area contributed by atoms with Crippen molar-refractivity contribution in [3.63, 3.8) is 0 Å². The predicted molar refractivity (Wildman–Crippen MR) is 80.1 cm³/mol. The van der Waals surface area contributed by atoms with Crippen LogP contribution in [0.2, 0.25) is 0 Å². The normalized spacial score (nSPS) is 15.5. The standard InChI is InChI=1S/C17H16F2N2O2/c18-12-3-4-15(16(19)10-12)17(22)21-8-5-13(6-9-21)23-14-2-1-7-20-11-14/h1-4,7,10-11,13H,5-6,8-9H2. The lowest BCUT2D eigenvalue weighted by atomic mass is 10.1. The summed E-state index contributed by atoms with van der Waals surface area (Å²) in [7, 11) is 0. The fraction of sp³-hybridized carbons (Fsp3) is 0.294. The van der Waals surface area contributed by atoms with Crippen LogP contribution in [0.1, 0.15) is 23.2 Å². The molecule has 1 amide bonds. The van der Waals surface area contributed by atoms with Crippen LogP contribution in [0.5, 0.6) is 5.75 Å². The molecule has 0 unspecified atom stereocenters. The number of aromatic nitrogens is 1. The molecule has 0 saturated carbocycles. The number of likely N-dealkylation sites (tertiary alicyclic amines) is 1. The number of nitrogens with zero attached hydrogens (tertiary/aromatic N) is 2. The van der Waals surface area contributed by atoms with Crippen LogP contribution in [0.25, 0.3) is 0 Å². The lowest BCUT2D eigenvalue weighted by molar-refractivity contribution is 0.0590. The van der Waals surface area contributed by atoms with E-state index in [4.69, 9.17) is 4.74 Å². The number of ether oxygens (including phenoxy) is 1. The van der Waals surface area contributed by atoms with Crippen LogP contribution in [-0.4, -0.2) is 35.0 Å².